The van der Waals surface area contributed by atoms with Crippen molar-refractivity contribution in [3.05, 3.63) is 54.0 Å². The molecule has 7 nitrogen and oxygen atoms in total. The van der Waals surface area contributed by atoms with Crippen molar-refractivity contribution in [2.24, 2.45) is 7.05 Å². The van der Waals surface area contributed by atoms with Crippen molar-refractivity contribution in [2.45, 2.75) is 31.6 Å². The maximum Gasteiger partial charge on any atom is 0.280 e. The second-order valence-electron chi connectivity index (χ2n) is 6.75. The topological polar surface area (TPSA) is 85.6 Å². The number of anilines is 1. The van der Waals surface area contributed by atoms with Gasteiger partial charge in [0, 0.05) is 18.7 Å². The quantitative estimate of drug-likeness (QED) is 0.724. The molecule has 0 aromatic carbocycles. The molecular weight excluding hydrogens is 366 g/mol. The Labute approximate surface area is 159 Å². The summed E-state index contributed by atoms with van der Waals surface area (Å²) in [7, 11) is 1.83. The van der Waals surface area contributed by atoms with Gasteiger partial charge in [-0.25, -0.2) is 23.7 Å². The average Bonchev–Trinajstić information content (AvgIpc) is 3.06. The number of aromatic nitrogens is 5. The molecular formula is C19H18F2N6O. The zero-order valence-corrected chi connectivity index (χ0v) is 15.1. The highest BCUT2D eigenvalue weighted by molar-refractivity contribution is 6.03. The molecule has 3 aromatic rings. The van der Waals surface area contributed by atoms with Crippen LogP contribution in [0, 0.1) is 0 Å². The Bertz CT molecular complexity index is 998. The Morgan fingerprint density at radius 2 is 2.07 bits per heavy atom. The van der Waals surface area contributed by atoms with Gasteiger partial charge in [-0.05, 0) is 31.0 Å². The van der Waals surface area contributed by atoms with Crippen LogP contribution in [0.2, 0.25) is 0 Å². The first kappa shape index (κ1) is 18.1. The van der Waals surface area contributed by atoms with Gasteiger partial charge in [0.25, 0.3) is 12.3 Å². The Morgan fingerprint density at radius 1 is 1.25 bits per heavy atom. The monoisotopic (exact) mass is 384 g/mol. The molecule has 0 aliphatic heterocycles. The second-order valence-corrected chi connectivity index (χ2v) is 6.75. The van der Waals surface area contributed by atoms with Crippen LogP contribution in [-0.4, -0.2) is 30.4 Å². The minimum atomic E-state index is -2.65. The van der Waals surface area contributed by atoms with Crippen molar-refractivity contribution in [1.82, 2.24) is 24.5 Å². The highest BCUT2D eigenvalue weighted by atomic mass is 19.3. The number of pyridine rings is 1. The van der Waals surface area contributed by atoms with Gasteiger partial charge < -0.3 is 9.88 Å². The van der Waals surface area contributed by atoms with Crippen LogP contribution in [0.15, 0.2) is 36.9 Å². The Kier molecular flexibility index (Phi) is 4.81. The first-order valence-electron chi connectivity index (χ1n) is 8.92. The summed E-state index contributed by atoms with van der Waals surface area (Å²) in [6, 6.07) is 4.27. The fraction of sp³-hybridized carbons (Fsp3) is 0.316. The fourth-order valence-electron chi connectivity index (χ4n) is 2.99. The van der Waals surface area contributed by atoms with Gasteiger partial charge >= 0.3 is 0 Å². The van der Waals surface area contributed by atoms with Crippen LogP contribution in [-0.2, 0) is 7.05 Å². The molecule has 0 unspecified atom stereocenters. The summed E-state index contributed by atoms with van der Waals surface area (Å²) in [5, 5.41) is 2.65. The highest BCUT2D eigenvalue weighted by Gasteiger charge is 2.24. The molecule has 1 N–H and O–H groups in total. The third-order valence-electron chi connectivity index (χ3n) is 4.82. The Morgan fingerprint density at radius 3 is 2.64 bits per heavy atom. The molecule has 0 saturated heterocycles. The van der Waals surface area contributed by atoms with Gasteiger partial charge in [-0.15, -0.1) is 0 Å². The van der Waals surface area contributed by atoms with Crippen LogP contribution in [0.4, 0.5) is 14.5 Å². The van der Waals surface area contributed by atoms with Gasteiger partial charge in [-0.3, -0.25) is 9.78 Å². The molecule has 28 heavy (non-hydrogen) atoms. The number of rotatable bonds is 5. The van der Waals surface area contributed by atoms with Crippen molar-refractivity contribution in [1.29, 1.82) is 0 Å². The van der Waals surface area contributed by atoms with E-state index in [1.54, 1.807) is 23.2 Å². The van der Waals surface area contributed by atoms with E-state index in [0.717, 1.165) is 25.0 Å². The maximum atomic E-state index is 12.7. The van der Waals surface area contributed by atoms with E-state index in [4.69, 9.17) is 0 Å². The standard InChI is InChI=1S/C19H18F2N6O/c1-27-10-22-9-16(27)18-25-14(11-3-2-4-11)7-15(26-18)19(28)24-12-5-6-13(17(20)21)23-8-12/h5-11,17H,2-4H2,1H3,(H,24,28). The van der Waals surface area contributed by atoms with Crippen LogP contribution in [0.25, 0.3) is 11.5 Å². The van der Waals surface area contributed by atoms with E-state index in [0.29, 0.717) is 23.1 Å². The molecule has 1 fully saturated rings. The summed E-state index contributed by atoms with van der Waals surface area (Å²) in [6.07, 6.45) is 5.04. The summed E-state index contributed by atoms with van der Waals surface area (Å²) in [6.45, 7) is 0. The SMILES string of the molecule is Cn1cncc1-c1nc(C(=O)Nc2ccc(C(F)F)nc2)cc(C2CCC2)n1. The number of amides is 1. The summed E-state index contributed by atoms with van der Waals surface area (Å²) in [5.74, 6) is 0.298. The molecule has 3 heterocycles. The normalized spacial score (nSPS) is 14.1. The van der Waals surface area contributed by atoms with Gasteiger partial charge in [0.05, 0.1) is 24.4 Å². The van der Waals surface area contributed by atoms with Gasteiger partial charge in [0.15, 0.2) is 5.82 Å². The number of carbonyl (C=O) groups excluding carboxylic acids is 1. The van der Waals surface area contributed by atoms with Gasteiger partial charge in [0.1, 0.15) is 17.1 Å². The molecule has 1 saturated carbocycles. The molecule has 0 bridgehead atoms. The zero-order chi connectivity index (χ0) is 19.7. The fourth-order valence-corrected chi connectivity index (χ4v) is 2.99. The lowest BCUT2D eigenvalue weighted by atomic mass is 9.82. The lowest BCUT2D eigenvalue weighted by molar-refractivity contribution is 0.102. The number of hydrogen-bond acceptors (Lipinski definition) is 5. The van der Waals surface area contributed by atoms with Crippen molar-refractivity contribution >= 4 is 11.6 Å². The maximum absolute atomic E-state index is 12.7. The average molecular weight is 384 g/mol. The predicted molar refractivity (Wildman–Crippen MR) is 98.0 cm³/mol. The predicted octanol–water partition coefficient (Wildman–Crippen LogP) is 3.73. The number of hydrogen-bond donors (Lipinski definition) is 1. The molecule has 9 heteroatoms. The Hall–Kier alpha value is -3.23. The number of alkyl halides is 2. The highest BCUT2D eigenvalue weighted by Crippen LogP contribution is 2.36. The van der Waals surface area contributed by atoms with Crippen LogP contribution in [0.3, 0.4) is 0 Å². The number of carbonyl (C=O) groups is 1. The molecule has 0 spiro atoms. The van der Waals surface area contributed by atoms with Crippen LogP contribution >= 0.6 is 0 Å². The van der Waals surface area contributed by atoms with Crippen molar-refractivity contribution < 1.29 is 13.6 Å². The van der Waals surface area contributed by atoms with E-state index in [1.807, 2.05) is 7.05 Å². The molecule has 3 aromatic heterocycles. The first-order chi connectivity index (χ1) is 13.5. The van der Waals surface area contributed by atoms with Gasteiger partial charge in [-0.1, -0.05) is 6.42 Å². The van der Waals surface area contributed by atoms with Crippen molar-refractivity contribution in [3.63, 3.8) is 0 Å². The van der Waals surface area contributed by atoms with E-state index in [2.05, 4.69) is 25.3 Å². The number of aryl methyl sites for hydroxylation is 1. The Balaban J connectivity index is 1.63. The number of nitrogens with zero attached hydrogens (tertiary/aromatic N) is 5. The van der Waals surface area contributed by atoms with E-state index in [1.165, 1.54) is 18.3 Å². The van der Waals surface area contributed by atoms with Gasteiger partial charge in [-0.2, -0.15) is 0 Å². The number of nitrogens with one attached hydrogen (secondary N) is 1. The van der Waals surface area contributed by atoms with Crippen LogP contribution in [0.1, 0.15) is 53.5 Å². The van der Waals surface area contributed by atoms with E-state index in [-0.39, 0.29) is 11.4 Å². The summed E-state index contributed by atoms with van der Waals surface area (Å²) in [4.78, 5) is 29.5. The van der Waals surface area contributed by atoms with Crippen LogP contribution < -0.4 is 5.32 Å². The summed E-state index contributed by atoms with van der Waals surface area (Å²) in [5.41, 5.74) is 1.73. The molecule has 1 aliphatic carbocycles. The minimum Gasteiger partial charge on any atom is -0.331 e. The number of imidazole rings is 1. The van der Waals surface area contributed by atoms with E-state index >= 15 is 0 Å². The minimum absolute atomic E-state index is 0.214. The smallest absolute Gasteiger partial charge is 0.280 e. The van der Waals surface area contributed by atoms with E-state index < -0.39 is 12.3 Å². The molecule has 1 aliphatic rings. The number of halogens is 2. The van der Waals surface area contributed by atoms with E-state index in [9.17, 15) is 13.6 Å². The molecule has 4 rings (SSSR count). The molecule has 1 amide bonds. The van der Waals surface area contributed by atoms with Crippen molar-refractivity contribution in [2.75, 3.05) is 5.32 Å². The lowest BCUT2D eigenvalue weighted by Gasteiger charge is -2.25. The van der Waals surface area contributed by atoms with Crippen molar-refractivity contribution in [3.8, 4) is 11.5 Å². The van der Waals surface area contributed by atoms with Crippen LogP contribution in [0.5, 0.6) is 0 Å². The molecule has 144 valence electrons. The largest absolute Gasteiger partial charge is 0.331 e. The molecule has 0 atom stereocenters. The third-order valence-corrected chi connectivity index (χ3v) is 4.82. The lowest BCUT2D eigenvalue weighted by Crippen LogP contribution is -2.18. The summed E-state index contributed by atoms with van der Waals surface area (Å²) >= 11 is 0. The zero-order valence-electron chi connectivity index (χ0n) is 15.1. The first-order valence-corrected chi connectivity index (χ1v) is 8.92. The second kappa shape index (κ2) is 7.41. The third kappa shape index (κ3) is 3.60. The van der Waals surface area contributed by atoms with Gasteiger partial charge in [0.2, 0.25) is 0 Å². The summed E-state index contributed by atoms with van der Waals surface area (Å²) < 4.78 is 27.0. The molecule has 0 radical (unpaired) electrons.